The molecule has 2 rings (SSSR count). The molecule has 0 radical (unpaired) electrons. The first-order valence-electron chi connectivity index (χ1n) is 7.14. The molecule has 22 heavy (non-hydrogen) atoms. The van der Waals surface area contributed by atoms with E-state index in [-0.39, 0.29) is 24.2 Å². The van der Waals surface area contributed by atoms with Crippen molar-refractivity contribution in [3.05, 3.63) is 59.7 Å². The van der Waals surface area contributed by atoms with Gasteiger partial charge in [0.2, 0.25) is 0 Å². The minimum absolute atomic E-state index is 0.0131. The number of carboxylic acids is 1. The molecule has 0 aliphatic carbocycles. The largest absolute Gasteiger partial charge is 0.508 e. The molecule has 0 saturated carbocycles. The lowest BCUT2D eigenvalue weighted by Crippen LogP contribution is -2.18. The van der Waals surface area contributed by atoms with Crippen LogP contribution in [0.4, 0.5) is 0 Å². The molecule has 2 aromatic carbocycles. The number of aliphatic carboxylic acids is 1. The summed E-state index contributed by atoms with van der Waals surface area (Å²) in [4.78, 5) is 10.5. The molecular weight excluding hydrogens is 280 g/mol. The summed E-state index contributed by atoms with van der Waals surface area (Å²) in [5.41, 5.74) is 2.02. The van der Waals surface area contributed by atoms with Crippen LogP contribution in [0.15, 0.2) is 48.5 Å². The van der Waals surface area contributed by atoms with Gasteiger partial charge in [0.05, 0.1) is 13.0 Å². The number of carbonyl (C=O) groups is 1. The minimum atomic E-state index is -0.870. The monoisotopic (exact) mass is 300 g/mol. The highest BCUT2D eigenvalue weighted by Gasteiger charge is 2.22. The SMILES string of the molecule is CC(C)(c1ccc(O)cc1)c1ccc(OCCC(=O)O)cc1. The number of benzene rings is 2. The third-order valence-corrected chi connectivity index (χ3v) is 3.75. The van der Waals surface area contributed by atoms with Gasteiger partial charge in [-0.1, -0.05) is 38.1 Å². The van der Waals surface area contributed by atoms with Crippen LogP contribution in [-0.2, 0) is 10.2 Å². The maximum atomic E-state index is 10.5. The van der Waals surface area contributed by atoms with Crippen molar-refractivity contribution >= 4 is 5.97 Å². The van der Waals surface area contributed by atoms with Gasteiger partial charge in [0.15, 0.2) is 0 Å². The highest BCUT2D eigenvalue weighted by molar-refractivity contribution is 5.66. The van der Waals surface area contributed by atoms with Crippen LogP contribution in [0, 0.1) is 0 Å². The van der Waals surface area contributed by atoms with Gasteiger partial charge in [-0.05, 0) is 35.4 Å². The van der Waals surface area contributed by atoms with E-state index in [9.17, 15) is 9.90 Å². The maximum Gasteiger partial charge on any atom is 0.306 e. The normalized spacial score (nSPS) is 11.2. The van der Waals surface area contributed by atoms with Crippen molar-refractivity contribution in [3.8, 4) is 11.5 Å². The Morgan fingerprint density at radius 3 is 2.00 bits per heavy atom. The van der Waals surface area contributed by atoms with Crippen LogP contribution >= 0.6 is 0 Å². The van der Waals surface area contributed by atoms with Gasteiger partial charge in [-0.3, -0.25) is 4.79 Å². The molecule has 0 atom stereocenters. The second-order valence-corrected chi connectivity index (χ2v) is 5.69. The number of rotatable bonds is 6. The fourth-order valence-corrected chi connectivity index (χ4v) is 2.27. The van der Waals surface area contributed by atoms with Crippen LogP contribution in [0.5, 0.6) is 11.5 Å². The second-order valence-electron chi connectivity index (χ2n) is 5.69. The van der Waals surface area contributed by atoms with Crippen molar-refractivity contribution < 1.29 is 19.7 Å². The second kappa shape index (κ2) is 6.52. The molecule has 0 aromatic heterocycles. The predicted molar refractivity (Wildman–Crippen MR) is 84.4 cm³/mol. The quantitative estimate of drug-likeness (QED) is 0.856. The molecule has 4 nitrogen and oxygen atoms in total. The van der Waals surface area contributed by atoms with Crippen LogP contribution in [-0.4, -0.2) is 22.8 Å². The van der Waals surface area contributed by atoms with E-state index < -0.39 is 5.97 Å². The Bertz CT molecular complexity index is 627. The lowest BCUT2D eigenvalue weighted by Gasteiger charge is -2.26. The Morgan fingerprint density at radius 2 is 1.50 bits per heavy atom. The molecule has 0 bridgehead atoms. The first-order valence-corrected chi connectivity index (χ1v) is 7.14. The summed E-state index contributed by atoms with van der Waals surface area (Å²) >= 11 is 0. The van der Waals surface area contributed by atoms with E-state index in [1.54, 1.807) is 12.1 Å². The molecular formula is C18H20O4. The van der Waals surface area contributed by atoms with E-state index >= 15 is 0 Å². The van der Waals surface area contributed by atoms with Crippen molar-refractivity contribution in [1.29, 1.82) is 0 Å². The number of ether oxygens (including phenoxy) is 1. The average Bonchev–Trinajstić information content (AvgIpc) is 2.48. The topological polar surface area (TPSA) is 66.8 Å². The Hall–Kier alpha value is -2.49. The molecule has 4 heteroatoms. The smallest absolute Gasteiger partial charge is 0.306 e. The standard InChI is InChI=1S/C18H20O4/c1-18(2,13-3-7-15(19)8-4-13)14-5-9-16(10-6-14)22-12-11-17(20)21/h3-10,19H,11-12H2,1-2H3,(H,20,21). The zero-order chi connectivity index (χ0) is 16.2. The van der Waals surface area contributed by atoms with Gasteiger partial charge in [-0.2, -0.15) is 0 Å². The van der Waals surface area contributed by atoms with Gasteiger partial charge in [0.1, 0.15) is 11.5 Å². The maximum absolute atomic E-state index is 10.5. The first-order chi connectivity index (χ1) is 10.4. The molecule has 0 spiro atoms. The number of hydrogen-bond acceptors (Lipinski definition) is 3. The minimum Gasteiger partial charge on any atom is -0.508 e. The Labute approximate surface area is 130 Å². The number of phenolic OH excluding ortho intramolecular Hbond substituents is 1. The number of carboxylic acid groups (broad SMARTS) is 1. The highest BCUT2D eigenvalue weighted by Crippen LogP contribution is 2.33. The summed E-state index contributed by atoms with van der Waals surface area (Å²) in [5, 5.41) is 18.0. The fraction of sp³-hybridized carbons (Fsp3) is 0.278. The lowest BCUT2D eigenvalue weighted by atomic mass is 9.78. The molecule has 116 valence electrons. The molecule has 0 saturated heterocycles. The summed E-state index contributed by atoms with van der Waals surface area (Å²) in [5.74, 6) is 0.0401. The van der Waals surface area contributed by atoms with Gasteiger partial charge in [0.25, 0.3) is 0 Å². The van der Waals surface area contributed by atoms with E-state index in [1.807, 2.05) is 36.4 Å². The van der Waals surface area contributed by atoms with Crippen molar-refractivity contribution in [2.75, 3.05) is 6.61 Å². The van der Waals surface area contributed by atoms with Crippen molar-refractivity contribution in [3.63, 3.8) is 0 Å². The van der Waals surface area contributed by atoms with Gasteiger partial charge < -0.3 is 14.9 Å². The summed E-state index contributed by atoms with van der Waals surface area (Å²) in [6.45, 7) is 4.38. The first kappa shape index (κ1) is 15.9. The lowest BCUT2D eigenvalue weighted by molar-refractivity contribution is -0.137. The number of aromatic hydroxyl groups is 1. The Kier molecular flexibility index (Phi) is 4.71. The van der Waals surface area contributed by atoms with E-state index in [0.717, 1.165) is 11.1 Å². The van der Waals surface area contributed by atoms with Gasteiger partial charge in [-0.25, -0.2) is 0 Å². The molecule has 2 aromatic rings. The van der Waals surface area contributed by atoms with E-state index in [4.69, 9.17) is 9.84 Å². The molecule has 0 heterocycles. The summed E-state index contributed by atoms with van der Waals surface area (Å²) in [6.07, 6.45) is -0.0131. The van der Waals surface area contributed by atoms with Crippen LogP contribution in [0.2, 0.25) is 0 Å². The van der Waals surface area contributed by atoms with Crippen molar-refractivity contribution in [2.24, 2.45) is 0 Å². The van der Waals surface area contributed by atoms with Crippen LogP contribution in [0.25, 0.3) is 0 Å². The molecule has 2 N–H and O–H groups in total. The zero-order valence-corrected chi connectivity index (χ0v) is 12.7. The Morgan fingerprint density at radius 1 is 1.00 bits per heavy atom. The molecule has 0 amide bonds. The third kappa shape index (κ3) is 3.79. The third-order valence-electron chi connectivity index (χ3n) is 3.75. The average molecular weight is 300 g/mol. The summed E-state index contributed by atoms with van der Waals surface area (Å²) < 4.78 is 5.39. The zero-order valence-electron chi connectivity index (χ0n) is 12.7. The molecule has 0 unspecified atom stereocenters. The molecule has 0 fully saturated rings. The fourth-order valence-electron chi connectivity index (χ4n) is 2.27. The van der Waals surface area contributed by atoms with E-state index in [2.05, 4.69) is 13.8 Å². The highest BCUT2D eigenvalue weighted by atomic mass is 16.5. The summed E-state index contributed by atoms with van der Waals surface area (Å²) in [6, 6.07) is 14.8. The van der Waals surface area contributed by atoms with Crippen LogP contribution in [0.1, 0.15) is 31.4 Å². The summed E-state index contributed by atoms with van der Waals surface area (Å²) in [7, 11) is 0. The van der Waals surface area contributed by atoms with E-state index in [1.165, 1.54) is 0 Å². The van der Waals surface area contributed by atoms with Crippen LogP contribution < -0.4 is 4.74 Å². The number of hydrogen-bond donors (Lipinski definition) is 2. The Balaban J connectivity index is 2.11. The number of phenols is 1. The van der Waals surface area contributed by atoms with Gasteiger partial charge in [-0.15, -0.1) is 0 Å². The molecule has 0 aliphatic heterocycles. The predicted octanol–water partition coefficient (Wildman–Crippen LogP) is 3.57. The van der Waals surface area contributed by atoms with E-state index in [0.29, 0.717) is 5.75 Å². The molecule has 0 aliphatic rings. The van der Waals surface area contributed by atoms with Crippen molar-refractivity contribution in [2.45, 2.75) is 25.7 Å². The van der Waals surface area contributed by atoms with Gasteiger partial charge in [0, 0.05) is 5.41 Å². The van der Waals surface area contributed by atoms with Crippen molar-refractivity contribution in [1.82, 2.24) is 0 Å². The van der Waals surface area contributed by atoms with Gasteiger partial charge >= 0.3 is 5.97 Å². The van der Waals surface area contributed by atoms with Crippen LogP contribution in [0.3, 0.4) is 0 Å².